The summed E-state index contributed by atoms with van der Waals surface area (Å²) < 4.78 is 1.94. The van der Waals surface area contributed by atoms with E-state index in [-0.39, 0.29) is 5.91 Å². The van der Waals surface area contributed by atoms with E-state index in [0.717, 1.165) is 57.1 Å². The summed E-state index contributed by atoms with van der Waals surface area (Å²) in [6, 6.07) is 14.6. The lowest BCUT2D eigenvalue weighted by molar-refractivity contribution is -0.114. The molecule has 0 aliphatic carbocycles. The van der Waals surface area contributed by atoms with Gasteiger partial charge in [-0.3, -0.25) is 14.3 Å². The molecule has 2 aromatic carbocycles. The number of benzene rings is 2. The lowest BCUT2D eigenvalue weighted by Gasteiger charge is -2.34. The lowest BCUT2D eigenvalue weighted by atomic mass is 10.1. The molecule has 0 spiro atoms. The normalized spacial score (nSPS) is 15.0. The van der Waals surface area contributed by atoms with Gasteiger partial charge in [0.2, 0.25) is 5.91 Å². The molecule has 0 atom stereocenters. The van der Waals surface area contributed by atoms with Gasteiger partial charge < -0.3 is 15.2 Å². The molecule has 2 N–H and O–H groups in total. The van der Waals surface area contributed by atoms with Crippen LogP contribution in [-0.4, -0.2) is 68.2 Å². The molecule has 1 fully saturated rings. The Hall–Kier alpha value is -3.49. The first kappa shape index (κ1) is 23.3. The number of unbranched alkanes of at least 4 members (excludes halogenated alkanes) is 1. The number of rotatable bonds is 9. The van der Waals surface area contributed by atoms with Crippen LogP contribution in [0.25, 0.3) is 16.6 Å². The molecule has 0 radical (unpaired) electrons. The second-order valence-electron chi connectivity index (χ2n) is 9.37. The van der Waals surface area contributed by atoms with Gasteiger partial charge in [-0.1, -0.05) is 12.1 Å². The number of carbonyl (C=O) groups is 1. The van der Waals surface area contributed by atoms with Crippen molar-refractivity contribution in [3.05, 3.63) is 72.4 Å². The second kappa shape index (κ2) is 10.8. The molecule has 0 bridgehead atoms. The maximum absolute atomic E-state index is 11.2. The molecular weight excluding hydrogens is 438 g/mol. The fourth-order valence-electron chi connectivity index (χ4n) is 4.84. The highest BCUT2D eigenvalue weighted by Crippen LogP contribution is 2.23. The average Bonchev–Trinajstić information content (AvgIpc) is 3.54. The fraction of sp³-hybridized carbons (Fsp3) is 0.370. The zero-order chi connectivity index (χ0) is 24.0. The molecule has 1 amide bonds. The lowest BCUT2D eigenvalue weighted by Crippen LogP contribution is -2.46. The molecule has 0 saturated carbocycles. The van der Waals surface area contributed by atoms with Crippen molar-refractivity contribution < 1.29 is 4.79 Å². The first-order chi connectivity index (χ1) is 17.1. The zero-order valence-electron chi connectivity index (χ0n) is 20.3. The van der Waals surface area contributed by atoms with Crippen molar-refractivity contribution in [2.75, 3.05) is 38.0 Å². The van der Waals surface area contributed by atoms with Crippen LogP contribution >= 0.6 is 0 Å². The number of aromatic nitrogens is 4. The number of aryl methyl sites for hydroxylation is 1. The smallest absolute Gasteiger partial charge is 0.221 e. The average molecular weight is 472 g/mol. The number of anilines is 1. The first-order valence-corrected chi connectivity index (χ1v) is 12.4. The third-order valence-electron chi connectivity index (χ3n) is 6.78. The van der Waals surface area contributed by atoms with Crippen LogP contribution in [0.15, 0.2) is 61.3 Å². The van der Waals surface area contributed by atoms with Crippen molar-refractivity contribution in [1.29, 1.82) is 0 Å². The Balaban J connectivity index is 1.04. The number of H-pyrrole nitrogens is 1. The highest BCUT2D eigenvalue weighted by molar-refractivity contribution is 5.88. The summed E-state index contributed by atoms with van der Waals surface area (Å²) in [4.78, 5) is 19.7. The minimum absolute atomic E-state index is 0.0344. The van der Waals surface area contributed by atoms with Crippen molar-refractivity contribution in [1.82, 2.24) is 29.5 Å². The van der Waals surface area contributed by atoms with Crippen molar-refractivity contribution in [2.24, 2.45) is 0 Å². The predicted molar refractivity (Wildman–Crippen MR) is 139 cm³/mol. The summed E-state index contributed by atoms with van der Waals surface area (Å²) in [7, 11) is 0. The number of nitrogens with zero attached hydrogens (tertiary/aromatic N) is 5. The Morgan fingerprint density at radius 2 is 1.71 bits per heavy atom. The molecule has 5 rings (SSSR count). The number of nitrogens with one attached hydrogen (secondary N) is 2. The van der Waals surface area contributed by atoms with E-state index < -0.39 is 0 Å². The van der Waals surface area contributed by atoms with E-state index in [0.29, 0.717) is 0 Å². The van der Waals surface area contributed by atoms with Gasteiger partial charge in [0.1, 0.15) is 12.7 Å². The summed E-state index contributed by atoms with van der Waals surface area (Å²) in [5.74, 6) is -0.0344. The number of hydrogen-bond donors (Lipinski definition) is 2. The minimum atomic E-state index is -0.0344. The zero-order valence-corrected chi connectivity index (χ0v) is 20.3. The van der Waals surface area contributed by atoms with Crippen LogP contribution < -0.4 is 5.32 Å². The van der Waals surface area contributed by atoms with Crippen molar-refractivity contribution >= 4 is 22.5 Å². The minimum Gasteiger partial charge on any atom is -0.361 e. The van der Waals surface area contributed by atoms with Gasteiger partial charge in [-0.05, 0) is 67.3 Å². The molecule has 1 saturated heterocycles. The molecule has 3 heterocycles. The molecule has 8 nitrogen and oxygen atoms in total. The van der Waals surface area contributed by atoms with Crippen LogP contribution in [0.3, 0.4) is 0 Å². The summed E-state index contributed by atoms with van der Waals surface area (Å²) >= 11 is 0. The van der Waals surface area contributed by atoms with Gasteiger partial charge in [0.25, 0.3) is 0 Å². The number of hydrogen-bond acceptors (Lipinski definition) is 5. The van der Waals surface area contributed by atoms with Crippen molar-refractivity contribution in [2.45, 2.75) is 32.7 Å². The molecule has 0 unspecified atom stereocenters. The van der Waals surface area contributed by atoms with Crippen LogP contribution in [-0.2, 0) is 17.8 Å². The molecule has 8 heteroatoms. The number of carbonyl (C=O) groups excluding carboxylic acids is 1. The number of piperazine rings is 1. The Morgan fingerprint density at radius 3 is 2.46 bits per heavy atom. The monoisotopic (exact) mass is 471 g/mol. The molecule has 1 aliphatic rings. The van der Waals surface area contributed by atoms with Crippen LogP contribution in [0.4, 0.5) is 5.69 Å². The predicted octanol–water partition coefficient (Wildman–Crippen LogP) is 3.85. The van der Waals surface area contributed by atoms with Crippen molar-refractivity contribution in [3.63, 3.8) is 0 Å². The van der Waals surface area contributed by atoms with E-state index >= 15 is 0 Å². The Labute approximate surface area is 206 Å². The van der Waals surface area contributed by atoms with Crippen molar-refractivity contribution in [3.8, 4) is 5.69 Å². The first-order valence-electron chi connectivity index (χ1n) is 12.4. The molecule has 2 aromatic heterocycles. The number of amides is 1. The van der Waals surface area contributed by atoms with E-state index in [1.54, 1.807) is 12.7 Å². The Bertz CT molecular complexity index is 1240. The Morgan fingerprint density at radius 1 is 0.971 bits per heavy atom. The summed E-state index contributed by atoms with van der Waals surface area (Å²) in [6.45, 7) is 8.11. The highest BCUT2D eigenvalue weighted by Gasteiger charge is 2.16. The summed E-state index contributed by atoms with van der Waals surface area (Å²) in [6.07, 6.45) is 9.10. The van der Waals surface area contributed by atoms with Crippen LogP contribution in [0, 0.1) is 0 Å². The quantitative estimate of drug-likeness (QED) is 0.363. The molecule has 35 heavy (non-hydrogen) atoms. The Kier molecular flexibility index (Phi) is 7.20. The van der Waals surface area contributed by atoms with E-state index in [4.69, 9.17) is 0 Å². The molecule has 1 aliphatic heterocycles. The second-order valence-corrected chi connectivity index (χ2v) is 9.37. The maximum atomic E-state index is 11.2. The molecule has 182 valence electrons. The molecular formula is C27H33N7O. The standard InChI is InChI=1S/C27H33N7O/c1-21(35)31-24-7-5-22(6-8-24)18-33-14-12-32(13-15-33)11-3-2-4-23-17-28-27-10-9-25(16-26(23)27)34-19-29-30-20-34/h5-10,16-17,19-20,28H,2-4,11-15,18H2,1H3,(H,31,35). The largest absolute Gasteiger partial charge is 0.361 e. The fourth-order valence-corrected chi connectivity index (χ4v) is 4.84. The summed E-state index contributed by atoms with van der Waals surface area (Å²) in [5.41, 5.74) is 5.79. The van der Waals surface area contributed by atoms with Crippen LogP contribution in [0.2, 0.25) is 0 Å². The van der Waals surface area contributed by atoms with Crippen LogP contribution in [0.1, 0.15) is 30.9 Å². The van der Waals surface area contributed by atoms with Gasteiger partial charge in [0, 0.05) is 68.1 Å². The van der Waals surface area contributed by atoms with E-state index in [1.165, 1.54) is 41.8 Å². The van der Waals surface area contributed by atoms with Gasteiger partial charge in [-0.2, -0.15) is 0 Å². The van der Waals surface area contributed by atoms with Gasteiger partial charge in [-0.15, -0.1) is 10.2 Å². The highest BCUT2D eigenvalue weighted by atomic mass is 16.1. The van der Waals surface area contributed by atoms with Gasteiger partial charge in [0.15, 0.2) is 0 Å². The van der Waals surface area contributed by atoms with E-state index in [9.17, 15) is 4.79 Å². The van der Waals surface area contributed by atoms with E-state index in [2.05, 4.69) is 66.8 Å². The van der Waals surface area contributed by atoms with E-state index in [1.807, 2.05) is 16.7 Å². The molecule has 4 aromatic rings. The maximum Gasteiger partial charge on any atom is 0.221 e. The van der Waals surface area contributed by atoms with Gasteiger partial charge in [-0.25, -0.2) is 0 Å². The topological polar surface area (TPSA) is 82.1 Å². The number of fused-ring (bicyclic) bond motifs is 1. The van der Waals surface area contributed by atoms with Gasteiger partial charge in [0.05, 0.1) is 0 Å². The SMILES string of the molecule is CC(=O)Nc1ccc(CN2CCN(CCCCc3c[nH]c4ccc(-n5cnnc5)cc34)CC2)cc1. The number of aromatic amines is 1. The third-order valence-corrected chi connectivity index (χ3v) is 6.78. The summed E-state index contributed by atoms with van der Waals surface area (Å²) in [5, 5.41) is 11.9. The third kappa shape index (κ3) is 5.96. The van der Waals surface area contributed by atoms with Gasteiger partial charge >= 0.3 is 0 Å². The van der Waals surface area contributed by atoms with Crippen LogP contribution in [0.5, 0.6) is 0 Å².